The third-order valence-electron chi connectivity index (χ3n) is 5.23. The lowest BCUT2D eigenvalue weighted by Crippen LogP contribution is -2.07. The molecule has 3 aromatic rings. The molecule has 1 heterocycles. The predicted octanol–water partition coefficient (Wildman–Crippen LogP) is 4.74. The van der Waals surface area contributed by atoms with E-state index < -0.39 is 0 Å². The molecule has 2 aromatic carbocycles. The Kier molecular flexibility index (Phi) is 4.34. The maximum Gasteiger partial charge on any atom is 0.206 e. The molecule has 138 valence electrons. The first-order valence-corrected chi connectivity index (χ1v) is 9.41. The minimum Gasteiger partial charge on any atom is -0.494 e. The SMILES string of the molecule is CC(=NCC(=O)C1CC1)c1c(O)n(-c2cccc(C)c2)c2cc(C)ccc12. The fourth-order valence-corrected chi connectivity index (χ4v) is 3.58. The molecule has 1 aliphatic rings. The van der Waals surface area contributed by atoms with E-state index in [-0.39, 0.29) is 24.1 Å². The number of aromatic hydroxyl groups is 1. The summed E-state index contributed by atoms with van der Waals surface area (Å²) in [5, 5.41) is 12.0. The zero-order valence-electron chi connectivity index (χ0n) is 16.0. The van der Waals surface area contributed by atoms with Gasteiger partial charge in [0.2, 0.25) is 5.88 Å². The highest BCUT2D eigenvalue weighted by atomic mass is 16.3. The predicted molar refractivity (Wildman–Crippen MR) is 109 cm³/mol. The quantitative estimate of drug-likeness (QED) is 0.668. The largest absolute Gasteiger partial charge is 0.494 e. The van der Waals surface area contributed by atoms with Crippen LogP contribution in [-0.2, 0) is 4.79 Å². The van der Waals surface area contributed by atoms with Crippen LogP contribution in [0.25, 0.3) is 16.6 Å². The number of carbonyl (C=O) groups is 1. The van der Waals surface area contributed by atoms with E-state index in [1.165, 1.54) is 0 Å². The van der Waals surface area contributed by atoms with E-state index in [0.29, 0.717) is 11.3 Å². The van der Waals surface area contributed by atoms with Crippen molar-refractivity contribution >= 4 is 22.4 Å². The molecule has 0 saturated heterocycles. The number of Topliss-reactive ketones (excluding diaryl/α,β-unsaturated/α-hetero) is 1. The molecule has 0 unspecified atom stereocenters. The van der Waals surface area contributed by atoms with Gasteiger partial charge in [0.05, 0.1) is 17.6 Å². The van der Waals surface area contributed by atoms with Gasteiger partial charge < -0.3 is 5.11 Å². The number of aromatic nitrogens is 1. The molecule has 0 amide bonds. The Hall–Kier alpha value is -2.88. The molecule has 1 aliphatic carbocycles. The molecule has 0 radical (unpaired) electrons. The lowest BCUT2D eigenvalue weighted by molar-refractivity contribution is -0.118. The molecule has 0 bridgehead atoms. The summed E-state index contributed by atoms with van der Waals surface area (Å²) in [6, 6.07) is 14.2. The van der Waals surface area contributed by atoms with E-state index in [0.717, 1.165) is 40.6 Å². The van der Waals surface area contributed by atoms with E-state index in [9.17, 15) is 9.90 Å². The van der Waals surface area contributed by atoms with Crippen molar-refractivity contribution in [3.63, 3.8) is 0 Å². The lowest BCUT2D eigenvalue weighted by atomic mass is 10.1. The molecule has 27 heavy (non-hydrogen) atoms. The van der Waals surface area contributed by atoms with Gasteiger partial charge in [-0.05, 0) is 62.9 Å². The number of aliphatic imine (C=N–C) groups is 1. The van der Waals surface area contributed by atoms with Crippen molar-refractivity contribution in [1.82, 2.24) is 4.57 Å². The smallest absolute Gasteiger partial charge is 0.206 e. The summed E-state index contributed by atoms with van der Waals surface area (Å²) in [5.41, 5.74) is 5.51. The first-order valence-electron chi connectivity index (χ1n) is 9.41. The number of nitrogens with zero attached hydrogens (tertiary/aromatic N) is 2. The van der Waals surface area contributed by atoms with Gasteiger partial charge in [-0.2, -0.15) is 0 Å². The average molecular weight is 360 g/mol. The highest BCUT2D eigenvalue weighted by Crippen LogP contribution is 2.36. The number of aryl methyl sites for hydroxylation is 2. The fourth-order valence-electron chi connectivity index (χ4n) is 3.58. The van der Waals surface area contributed by atoms with E-state index in [4.69, 9.17) is 0 Å². The van der Waals surface area contributed by atoms with Crippen molar-refractivity contribution in [2.45, 2.75) is 33.6 Å². The number of ketones is 1. The van der Waals surface area contributed by atoms with E-state index in [1.807, 2.05) is 61.7 Å². The first-order chi connectivity index (χ1) is 13.0. The molecule has 0 atom stereocenters. The van der Waals surface area contributed by atoms with Crippen LogP contribution in [0, 0.1) is 19.8 Å². The van der Waals surface area contributed by atoms with Crippen LogP contribution in [-0.4, -0.2) is 27.7 Å². The molecule has 1 aromatic heterocycles. The minimum atomic E-state index is 0.168. The van der Waals surface area contributed by atoms with Crippen LogP contribution in [0.4, 0.5) is 0 Å². The Balaban J connectivity index is 1.87. The fraction of sp³-hybridized carbons (Fsp3) is 0.304. The summed E-state index contributed by atoms with van der Waals surface area (Å²) in [5.74, 6) is 0.569. The summed E-state index contributed by atoms with van der Waals surface area (Å²) in [6.07, 6.45) is 1.98. The van der Waals surface area contributed by atoms with Crippen molar-refractivity contribution in [1.29, 1.82) is 0 Å². The number of carbonyl (C=O) groups excluding carboxylic acids is 1. The van der Waals surface area contributed by atoms with Gasteiger partial charge in [0, 0.05) is 22.7 Å². The van der Waals surface area contributed by atoms with Gasteiger partial charge in [-0.15, -0.1) is 0 Å². The number of fused-ring (bicyclic) bond motifs is 1. The molecule has 4 rings (SSSR count). The zero-order valence-corrected chi connectivity index (χ0v) is 16.0. The van der Waals surface area contributed by atoms with Gasteiger partial charge in [0.25, 0.3) is 0 Å². The third-order valence-corrected chi connectivity index (χ3v) is 5.23. The maximum atomic E-state index is 12.0. The van der Waals surface area contributed by atoms with Crippen LogP contribution in [0.1, 0.15) is 36.5 Å². The standard InChI is InChI=1S/C23H24N2O2/c1-14-5-4-6-18(11-14)25-20-12-15(2)7-10-19(20)22(23(25)27)16(3)24-13-21(26)17-8-9-17/h4-7,10-12,17,27H,8-9,13H2,1-3H3. The Morgan fingerprint density at radius 1 is 1.15 bits per heavy atom. The van der Waals surface area contributed by atoms with Gasteiger partial charge in [0.15, 0.2) is 5.78 Å². The summed E-state index contributed by atoms with van der Waals surface area (Å²) in [4.78, 5) is 16.5. The Morgan fingerprint density at radius 2 is 1.89 bits per heavy atom. The van der Waals surface area contributed by atoms with Crippen LogP contribution < -0.4 is 0 Å². The van der Waals surface area contributed by atoms with Crippen LogP contribution in [0.3, 0.4) is 0 Å². The molecular weight excluding hydrogens is 336 g/mol. The monoisotopic (exact) mass is 360 g/mol. The highest BCUT2D eigenvalue weighted by Gasteiger charge is 2.29. The average Bonchev–Trinajstić information content (AvgIpc) is 3.43. The highest BCUT2D eigenvalue weighted by molar-refractivity contribution is 6.13. The van der Waals surface area contributed by atoms with Gasteiger partial charge >= 0.3 is 0 Å². The number of hydrogen-bond donors (Lipinski definition) is 1. The lowest BCUT2D eigenvalue weighted by Gasteiger charge is -2.09. The normalized spacial score (nSPS) is 14.7. The third kappa shape index (κ3) is 3.27. The summed E-state index contributed by atoms with van der Waals surface area (Å²) < 4.78 is 1.87. The minimum absolute atomic E-state index is 0.168. The number of hydrogen-bond acceptors (Lipinski definition) is 3. The van der Waals surface area contributed by atoms with Crippen molar-refractivity contribution in [3.8, 4) is 11.6 Å². The van der Waals surface area contributed by atoms with Gasteiger partial charge in [-0.1, -0.05) is 24.3 Å². The Morgan fingerprint density at radius 3 is 2.59 bits per heavy atom. The molecule has 1 fully saturated rings. The molecule has 1 N–H and O–H groups in total. The van der Waals surface area contributed by atoms with E-state index in [1.54, 1.807) is 0 Å². The maximum absolute atomic E-state index is 12.0. The van der Waals surface area contributed by atoms with Crippen LogP contribution in [0.15, 0.2) is 47.5 Å². The van der Waals surface area contributed by atoms with Gasteiger partial charge in [-0.3, -0.25) is 14.4 Å². The van der Waals surface area contributed by atoms with E-state index >= 15 is 0 Å². The number of benzene rings is 2. The molecular formula is C23H24N2O2. The number of rotatable bonds is 5. The molecule has 4 heteroatoms. The Labute approximate surface area is 159 Å². The molecule has 0 aliphatic heterocycles. The van der Waals surface area contributed by atoms with E-state index in [2.05, 4.69) is 11.1 Å². The second-order valence-electron chi connectivity index (χ2n) is 7.54. The first kappa shape index (κ1) is 17.5. The van der Waals surface area contributed by atoms with Crippen molar-refractivity contribution in [3.05, 3.63) is 59.2 Å². The molecule has 4 nitrogen and oxygen atoms in total. The topological polar surface area (TPSA) is 54.6 Å². The molecule has 1 saturated carbocycles. The Bertz CT molecular complexity index is 1070. The van der Waals surface area contributed by atoms with Crippen LogP contribution in [0.5, 0.6) is 5.88 Å². The summed E-state index contributed by atoms with van der Waals surface area (Å²) >= 11 is 0. The second-order valence-corrected chi connectivity index (χ2v) is 7.54. The van der Waals surface area contributed by atoms with Crippen LogP contribution >= 0.6 is 0 Å². The van der Waals surface area contributed by atoms with Crippen molar-refractivity contribution in [2.75, 3.05) is 6.54 Å². The summed E-state index contributed by atoms with van der Waals surface area (Å²) in [7, 11) is 0. The second kappa shape index (κ2) is 6.69. The zero-order chi connectivity index (χ0) is 19.1. The van der Waals surface area contributed by atoms with Gasteiger partial charge in [0.1, 0.15) is 0 Å². The summed E-state index contributed by atoms with van der Waals surface area (Å²) in [6.45, 7) is 6.14. The van der Waals surface area contributed by atoms with Crippen molar-refractivity contribution in [2.24, 2.45) is 10.9 Å². The van der Waals surface area contributed by atoms with Gasteiger partial charge in [-0.25, -0.2) is 0 Å². The van der Waals surface area contributed by atoms with Crippen molar-refractivity contribution < 1.29 is 9.90 Å². The van der Waals surface area contributed by atoms with Crippen LogP contribution in [0.2, 0.25) is 0 Å². The molecule has 0 spiro atoms.